The quantitative estimate of drug-likeness (QED) is 0.492. The Morgan fingerprint density at radius 3 is 2.77 bits per heavy atom. The lowest BCUT2D eigenvalue weighted by Crippen LogP contribution is -2.09. The zero-order valence-corrected chi connectivity index (χ0v) is 15.5. The number of halogens is 1. The molecular formula is C20H19ClN2O3. The topological polar surface area (TPSA) is 71.5 Å². The van der Waals surface area contributed by atoms with Crippen LogP contribution >= 0.6 is 11.6 Å². The van der Waals surface area contributed by atoms with Gasteiger partial charge in [-0.05, 0) is 50.6 Å². The van der Waals surface area contributed by atoms with Crippen LogP contribution in [0.15, 0.2) is 36.5 Å². The molecule has 0 radical (unpaired) electrons. The number of phenols is 1. The zero-order chi connectivity index (χ0) is 18.8. The highest BCUT2D eigenvalue weighted by atomic mass is 35.5. The van der Waals surface area contributed by atoms with Gasteiger partial charge in [0.25, 0.3) is 0 Å². The van der Waals surface area contributed by atoms with Gasteiger partial charge < -0.3 is 15.2 Å². The van der Waals surface area contributed by atoms with Crippen molar-refractivity contribution in [3.63, 3.8) is 0 Å². The molecule has 2 aromatic carbocycles. The molecule has 1 heterocycles. The molecule has 3 rings (SSSR count). The van der Waals surface area contributed by atoms with Crippen molar-refractivity contribution < 1.29 is 14.6 Å². The number of anilines is 2. The first kappa shape index (κ1) is 18.0. The van der Waals surface area contributed by atoms with Crippen LogP contribution in [0.1, 0.15) is 28.4 Å². The SMILES string of the molecule is CCOC(=O)c1cnc2c(C)cc(C)cc2c1Nc1cc(Cl)ccc1O. The number of rotatable bonds is 4. The van der Waals surface area contributed by atoms with Crippen LogP contribution in [0.5, 0.6) is 5.75 Å². The number of benzene rings is 2. The summed E-state index contributed by atoms with van der Waals surface area (Å²) in [5.74, 6) is -0.455. The van der Waals surface area contributed by atoms with Crippen LogP contribution in [-0.2, 0) is 4.74 Å². The lowest BCUT2D eigenvalue weighted by Gasteiger charge is -2.16. The molecule has 0 aliphatic heterocycles. The average Bonchev–Trinajstić information content (AvgIpc) is 2.58. The van der Waals surface area contributed by atoms with Gasteiger partial charge in [-0.3, -0.25) is 4.98 Å². The van der Waals surface area contributed by atoms with Crippen LogP contribution in [0.4, 0.5) is 11.4 Å². The molecular weight excluding hydrogens is 352 g/mol. The number of aromatic nitrogens is 1. The predicted molar refractivity (Wildman–Crippen MR) is 104 cm³/mol. The number of nitrogens with one attached hydrogen (secondary N) is 1. The number of hydrogen-bond acceptors (Lipinski definition) is 5. The number of carbonyl (C=O) groups is 1. The second-order valence-electron chi connectivity index (χ2n) is 6.03. The van der Waals surface area contributed by atoms with E-state index in [1.165, 1.54) is 12.3 Å². The molecule has 0 aliphatic carbocycles. The fourth-order valence-corrected chi connectivity index (χ4v) is 3.07. The Morgan fingerprint density at radius 2 is 2.04 bits per heavy atom. The number of esters is 1. The average molecular weight is 371 g/mol. The first-order valence-electron chi connectivity index (χ1n) is 8.23. The van der Waals surface area contributed by atoms with Crippen LogP contribution in [0, 0.1) is 13.8 Å². The van der Waals surface area contributed by atoms with Crippen molar-refractivity contribution in [1.29, 1.82) is 0 Å². The van der Waals surface area contributed by atoms with Crippen molar-refractivity contribution in [2.24, 2.45) is 0 Å². The zero-order valence-electron chi connectivity index (χ0n) is 14.8. The van der Waals surface area contributed by atoms with E-state index in [4.69, 9.17) is 16.3 Å². The van der Waals surface area contributed by atoms with Crippen molar-refractivity contribution in [3.8, 4) is 5.75 Å². The second kappa shape index (κ2) is 7.22. The Labute approximate surface area is 156 Å². The van der Waals surface area contributed by atoms with Crippen molar-refractivity contribution in [3.05, 3.63) is 58.2 Å². The maximum Gasteiger partial charge on any atom is 0.341 e. The summed E-state index contributed by atoms with van der Waals surface area (Å²) in [7, 11) is 0. The Kier molecular flexibility index (Phi) is 5.00. The van der Waals surface area contributed by atoms with E-state index in [1.807, 2.05) is 26.0 Å². The number of aryl methyl sites for hydroxylation is 2. The van der Waals surface area contributed by atoms with Gasteiger partial charge in [-0.2, -0.15) is 0 Å². The van der Waals surface area contributed by atoms with Gasteiger partial charge in [0.2, 0.25) is 0 Å². The summed E-state index contributed by atoms with van der Waals surface area (Å²) in [6.07, 6.45) is 1.49. The first-order chi connectivity index (χ1) is 12.4. The van der Waals surface area contributed by atoms with E-state index >= 15 is 0 Å². The maximum atomic E-state index is 12.4. The molecule has 26 heavy (non-hydrogen) atoms. The number of pyridine rings is 1. The normalized spacial score (nSPS) is 10.8. The molecule has 0 spiro atoms. The van der Waals surface area contributed by atoms with Crippen molar-refractivity contribution in [2.45, 2.75) is 20.8 Å². The Balaban J connectivity index is 2.26. The fraction of sp³-hybridized carbons (Fsp3) is 0.200. The Morgan fingerprint density at radius 1 is 1.27 bits per heavy atom. The summed E-state index contributed by atoms with van der Waals surface area (Å²) in [4.78, 5) is 16.9. The minimum absolute atomic E-state index is 0.0264. The second-order valence-corrected chi connectivity index (χ2v) is 6.47. The highest BCUT2D eigenvalue weighted by molar-refractivity contribution is 6.31. The van der Waals surface area contributed by atoms with Crippen LogP contribution in [0.3, 0.4) is 0 Å². The molecule has 0 saturated carbocycles. The number of ether oxygens (including phenoxy) is 1. The molecule has 2 N–H and O–H groups in total. The Bertz CT molecular complexity index is 1000. The van der Waals surface area contributed by atoms with Gasteiger partial charge in [-0.15, -0.1) is 0 Å². The molecule has 0 bridgehead atoms. The molecule has 134 valence electrons. The smallest absolute Gasteiger partial charge is 0.341 e. The number of aromatic hydroxyl groups is 1. The standard InChI is InChI=1S/C20H19ClN2O3/c1-4-26-20(25)15-10-22-18-12(3)7-11(2)8-14(18)19(15)23-16-9-13(21)5-6-17(16)24/h5-10,24H,4H2,1-3H3,(H,22,23). The summed E-state index contributed by atoms with van der Waals surface area (Å²) in [5, 5.41) is 14.5. The molecule has 0 atom stereocenters. The summed E-state index contributed by atoms with van der Waals surface area (Å²) in [6.45, 7) is 5.94. The summed E-state index contributed by atoms with van der Waals surface area (Å²) >= 11 is 6.05. The molecule has 3 aromatic rings. The minimum atomic E-state index is -0.481. The molecule has 0 amide bonds. The van der Waals surface area contributed by atoms with Crippen LogP contribution in [-0.4, -0.2) is 22.7 Å². The highest BCUT2D eigenvalue weighted by Crippen LogP contribution is 2.35. The van der Waals surface area contributed by atoms with Crippen LogP contribution in [0.2, 0.25) is 5.02 Å². The molecule has 0 fully saturated rings. The third-order valence-corrected chi connectivity index (χ3v) is 4.25. The highest BCUT2D eigenvalue weighted by Gasteiger charge is 2.19. The van der Waals surface area contributed by atoms with Crippen LogP contribution in [0.25, 0.3) is 10.9 Å². The third kappa shape index (κ3) is 3.44. The maximum absolute atomic E-state index is 12.4. The lowest BCUT2D eigenvalue weighted by molar-refractivity contribution is 0.0527. The number of phenolic OH excluding ortho intramolecular Hbond substituents is 1. The van der Waals surface area contributed by atoms with Gasteiger partial charge >= 0.3 is 5.97 Å². The van der Waals surface area contributed by atoms with Gasteiger partial charge in [-0.1, -0.05) is 23.2 Å². The lowest BCUT2D eigenvalue weighted by atomic mass is 10.0. The van der Waals surface area contributed by atoms with Gasteiger partial charge in [0.05, 0.1) is 23.5 Å². The molecule has 0 saturated heterocycles. The molecule has 0 aliphatic rings. The monoisotopic (exact) mass is 370 g/mol. The van der Waals surface area contributed by atoms with E-state index in [-0.39, 0.29) is 12.4 Å². The van der Waals surface area contributed by atoms with E-state index in [9.17, 15) is 9.90 Å². The molecule has 5 nitrogen and oxygen atoms in total. The van der Waals surface area contributed by atoms with E-state index < -0.39 is 5.97 Å². The predicted octanol–water partition coefficient (Wildman–Crippen LogP) is 5.13. The summed E-state index contributed by atoms with van der Waals surface area (Å²) in [6, 6.07) is 8.66. The molecule has 1 aromatic heterocycles. The van der Waals surface area contributed by atoms with Crippen LogP contribution < -0.4 is 5.32 Å². The summed E-state index contributed by atoms with van der Waals surface area (Å²) in [5.41, 5.74) is 4.02. The van der Waals surface area contributed by atoms with Gasteiger partial charge in [0, 0.05) is 16.6 Å². The Hall–Kier alpha value is -2.79. The van der Waals surface area contributed by atoms with Crippen molar-refractivity contribution >= 4 is 39.8 Å². The number of carbonyl (C=O) groups excluding carboxylic acids is 1. The van der Waals surface area contributed by atoms with Gasteiger partial charge in [0.1, 0.15) is 11.3 Å². The summed E-state index contributed by atoms with van der Waals surface area (Å²) < 4.78 is 5.16. The van der Waals surface area contributed by atoms with Gasteiger partial charge in [0.15, 0.2) is 0 Å². The number of fused-ring (bicyclic) bond motifs is 1. The molecule has 0 unspecified atom stereocenters. The third-order valence-electron chi connectivity index (χ3n) is 4.02. The number of hydrogen-bond donors (Lipinski definition) is 2. The van der Waals surface area contributed by atoms with Gasteiger partial charge in [-0.25, -0.2) is 4.79 Å². The largest absolute Gasteiger partial charge is 0.506 e. The minimum Gasteiger partial charge on any atom is -0.506 e. The van der Waals surface area contributed by atoms with Crippen molar-refractivity contribution in [2.75, 3.05) is 11.9 Å². The van der Waals surface area contributed by atoms with E-state index in [2.05, 4.69) is 10.3 Å². The first-order valence-corrected chi connectivity index (χ1v) is 8.61. The van der Waals surface area contributed by atoms with E-state index in [0.29, 0.717) is 22.0 Å². The fourth-order valence-electron chi connectivity index (χ4n) is 2.90. The van der Waals surface area contributed by atoms with Crippen molar-refractivity contribution in [1.82, 2.24) is 4.98 Å². The number of nitrogens with zero attached hydrogens (tertiary/aromatic N) is 1. The van der Waals surface area contributed by atoms with E-state index in [1.54, 1.807) is 19.1 Å². The molecule has 6 heteroatoms. The van der Waals surface area contributed by atoms with E-state index in [0.717, 1.165) is 22.0 Å².